The van der Waals surface area contributed by atoms with Crippen molar-refractivity contribution in [2.24, 2.45) is 11.8 Å². The zero-order chi connectivity index (χ0) is 11.5. The van der Waals surface area contributed by atoms with Gasteiger partial charge in [0.1, 0.15) is 0 Å². The maximum atomic E-state index is 11.6. The van der Waals surface area contributed by atoms with Gasteiger partial charge in [-0.05, 0) is 38.5 Å². The molecule has 0 saturated heterocycles. The van der Waals surface area contributed by atoms with Gasteiger partial charge < -0.3 is 5.32 Å². The van der Waals surface area contributed by atoms with E-state index < -0.39 is 4.32 Å². The van der Waals surface area contributed by atoms with Crippen LogP contribution in [0.15, 0.2) is 0 Å². The quantitative estimate of drug-likeness (QED) is 0.788. The van der Waals surface area contributed by atoms with E-state index in [1.54, 1.807) is 0 Å². The van der Waals surface area contributed by atoms with E-state index in [0.717, 1.165) is 12.5 Å². The van der Waals surface area contributed by atoms with Crippen molar-refractivity contribution in [2.75, 3.05) is 6.54 Å². The Bertz CT molecular complexity index is 222. The summed E-state index contributed by atoms with van der Waals surface area (Å²) in [6, 6.07) is 0. The fourth-order valence-corrected chi connectivity index (χ4v) is 2.33. The van der Waals surface area contributed by atoms with Crippen LogP contribution in [0.4, 0.5) is 0 Å². The molecule has 0 aromatic carbocycles. The molecule has 2 unspecified atom stereocenters. The first-order valence-electron chi connectivity index (χ1n) is 5.87. The van der Waals surface area contributed by atoms with Gasteiger partial charge in [-0.3, -0.25) is 4.79 Å². The molecule has 0 radical (unpaired) electrons. The van der Waals surface area contributed by atoms with Crippen LogP contribution in [0.25, 0.3) is 0 Å². The van der Waals surface area contributed by atoms with Crippen molar-refractivity contribution in [3.8, 4) is 0 Å². The van der Waals surface area contributed by atoms with E-state index in [9.17, 15) is 4.79 Å². The number of halogens is 1. The zero-order valence-electron chi connectivity index (χ0n) is 9.98. The standard InChI is InChI=1S/C12H22BrNO/c1-9-5-4-6-10(7-9)8-14-11(15)12(2,3)13/h9-10H,4-8H2,1-3H3,(H,14,15). The van der Waals surface area contributed by atoms with Crippen LogP contribution in [0.3, 0.4) is 0 Å². The van der Waals surface area contributed by atoms with Gasteiger partial charge in [0.15, 0.2) is 0 Å². The second-order valence-corrected chi connectivity index (χ2v) is 7.30. The summed E-state index contributed by atoms with van der Waals surface area (Å²) in [6.07, 6.45) is 5.21. The van der Waals surface area contributed by atoms with E-state index in [1.807, 2.05) is 13.8 Å². The summed E-state index contributed by atoms with van der Waals surface area (Å²) in [6.45, 7) is 6.91. The van der Waals surface area contributed by atoms with Crippen molar-refractivity contribution in [1.29, 1.82) is 0 Å². The number of nitrogens with one attached hydrogen (secondary N) is 1. The molecule has 1 rings (SSSR count). The number of rotatable bonds is 3. The van der Waals surface area contributed by atoms with Crippen LogP contribution in [0.5, 0.6) is 0 Å². The van der Waals surface area contributed by atoms with E-state index in [0.29, 0.717) is 5.92 Å². The molecule has 0 spiro atoms. The monoisotopic (exact) mass is 275 g/mol. The Balaban J connectivity index is 2.28. The largest absolute Gasteiger partial charge is 0.355 e. The third-order valence-electron chi connectivity index (χ3n) is 3.14. The molecular weight excluding hydrogens is 254 g/mol. The minimum Gasteiger partial charge on any atom is -0.355 e. The predicted molar refractivity (Wildman–Crippen MR) is 67.1 cm³/mol. The Hall–Kier alpha value is -0.0500. The second-order valence-electron chi connectivity index (χ2n) is 5.32. The number of carbonyl (C=O) groups excluding carboxylic acids is 1. The van der Waals surface area contributed by atoms with Crippen LogP contribution in [-0.4, -0.2) is 16.8 Å². The highest BCUT2D eigenvalue weighted by molar-refractivity contribution is 9.10. The smallest absolute Gasteiger partial charge is 0.236 e. The third kappa shape index (κ3) is 4.54. The first kappa shape index (κ1) is 13.0. The average molecular weight is 276 g/mol. The maximum Gasteiger partial charge on any atom is 0.236 e. The summed E-state index contributed by atoms with van der Waals surface area (Å²) in [5.74, 6) is 1.62. The van der Waals surface area contributed by atoms with Gasteiger partial charge in [0.05, 0.1) is 4.32 Å². The van der Waals surface area contributed by atoms with E-state index in [-0.39, 0.29) is 5.91 Å². The molecule has 1 saturated carbocycles. The Morgan fingerprint density at radius 2 is 2.13 bits per heavy atom. The summed E-state index contributed by atoms with van der Waals surface area (Å²) in [4.78, 5) is 11.6. The molecule has 88 valence electrons. The first-order valence-corrected chi connectivity index (χ1v) is 6.66. The lowest BCUT2D eigenvalue weighted by Crippen LogP contribution is -2.40. The molecule has 0 heterocycles. The molecule has 2 atom stereocenters. The Morgan fingerprint density at radius 3 is 2.67 bits per heavy atom. The number of alkyl halides is 1. The fraction of sp³-hybridized carbons (Fsp3) is 0.917. The maximum absolute atomic E-state index is 11.6. The Morgan fingerprint density at radius 1 is 1.47 bits per heavy atom. The van der Waals surface area contributed by atoms with E-state index in [1.165, 1.54) is 25.7 Å². The van der Waals surface area contributed by atoms with Gasteiger partial charge in [0.2, 0.25) is 5.91 Å². The van der Waals surface area contributed by atoms with Gasteiger partial charge >= 0.3 is 0 Å². The third-order valence-corrected chi connectivity index (χ3v) is 3.50. The number of hydrogen-bond donors (Lipinski definition) is 1. The molecule has 15 heavy (non-hydrogen) atoms. The van der Waals surface area contributed by atoms with Gasteiger partial charge in [0, 0.05) is 6.54 Å². The minimum absolute atomic E-state index is 0.0979. The van der Waals surface area contributed by atoms with Crippen LogP contribution in [0, 0.1) is 11.8 Å². The molecule has 1 amide bonds. The highest BCUT2D eigenvalue weighted by atomic mass is 79.9. The van der Waals surface area contributed by atoms with Gasteiger partial charge in [-0.15, -0.1) is 0 Å². The highest BCUT2D eigenvalue weighted by Crippen LogP contribution is 2.28. The van der Waals surface area contributed by atoms with Crippen molar-refractivity contribution in [2.45, 2.75) is 50.8 Å². The summed E-state index contributed by atoms with van der Waals surface area (Å²) >= 11 is 3.37. The molecule has 1 N–H and O–H groups in total. The Kier molecular flexibility index (Phi) is 4.63. The van der Waals surface area contributed by atoms with Gasteiger partial charge in [-0.25, -0.2) is 0 Å². The zero-order valence-corrected chi connectivity index (χ0v) is 11.6. The van der Waals surface area contributed by atoms with Gasteiger partial charge in [-0.2, -0.15) is 0 Å². The van der Waals surface area contributed by atoms with Gasteiger partial charge in [0.25, 0.3) is 0 Å². The molecule has 1 fully saturated rings. The highest BCUT2D eigenvalue weighted by Gasteiger charge is 2.25. The summed E-state index contributed by atoms with van der Waals surface area (Å²) < 4.78 is -0.437. The van der Waals surface area contributed by atoms with Crippen molar-refractivity contribution in [1.82, 2.24) is 5.32 Å². The average Bonchev–Trinajstić information content (AvgIpc) is 2.12. The van der Waals surface area contributed by atoms with Crippen LogP contribution in [-0.2, 0) is 4.79 Å². The molecule has 0 aliphatic heterocycles. The van der Waals surface area contributed by atoms with E-state index in [2.05, 4.69) is 28.2 Å². The lowest BCUT2D eigenvalue weighted by Gasteiger charge is -2.27. The lowest BCUT2D eigenvalue weighted by molar-refractivity contribution is -0.122. The molecular formula is C12H22BrNO. The number of hydrogen-bond acceptors (Lipinski definition) is 1. The molecule has 0 bridgehead atoms. The lowest BCUT2D eigenvalue weighted by atomic mass is 9.82. The molecule has 0 aromatic heterocycles. The van der Waals surface area contributed by atoms with Crippen LogP contribution >= 0.6 is 15.9 Å². The summed E-state index contributed by atoms with van der Waals surface area (Å²) in [5.41, 5.74) is 0. The molecule has 1 aliphatic carbocycles. The van der Waals surface area contributed by atoms with Crippen molar-refractivity contribution < 1.29 is 4.79 Å². The normalized spacial score (nSPS) is 27.5. The van der Waals surface area contributed by atoms with Crippen molar-refractivity contribution in [3.05, 3.63) is 0 Å². The van der Waals surface area contributed by atoms with E-state index in [4.69, 9.17) is 0 Å². The molecule has 1 aliphatic rings. The molecule has 0 aromatic rings. The minimum atomic E-state index is -0.437. The summed E-state index contributed by atoms with van der Waals surface area (Å²) in [7, 11) is 0. The SMILES string of the molecule is CC1CCCC(CNC(=O)C(C)(C)Br)C1. The fourth-order valence-electron chi connectivity index (χ4n) is 2.19. The number of amides is 1. The van der Waals surface area contributed by atoms with Crippen LogP contribution in [0.1, 0.15) is 46.5 Å². The van der Waals surface area contributed by atoms with Crippen molar-refractivity contribution >= 4 is 21.8 Å². The molecule has 2 nitrogen and oxygen atoms in total. The van der Waals surface area contributed by atoms with Crippen LogP contribution < -0.4 is 5.32 Å². The molecule has 3 heteroatoms. The predicted octanol–water partition coefficient (Wildman–Crippen LogP) is 3.10. The van der Waals surface area contributed by atoms with Crippen molar-refractivity contribution in [3.63, 3.8) is 0 Å². The van der Waals surface area contributed by atoms with Crippen LogP contribution in [0.2, 0.25) is 0 Å². The topological polar surface area (TPSA) is 29.1 Å². The second kappa shape index (κ2) is 5.33. The summed E-state index contributed by atoms with van der Waals surface area (Å²) in [5, 5.41) is 3.03. The van der Waals surface area contributed by atoms with Gasteiger partial charge in [-0.1, -0.05) is 35.7 Å². The number of carbonyl (C=O) groups is 1. The first-order chi connectivity index (χ1) is 6.89. The Labute approximate surface area is 101 Å². The van der Waals surface area contributed by atoms with E-state index >= 15 is 0 Å².